The molecule has 1 fully saturated rings. The number of ether oxygens (including phenoxy) is 2. The smallest absolute Gasteiger partial charge is 0.345 e. The molecule has 32 heavy (non-hydrogen) atoms. The van der Waals surface area contributed by atoms with Crippen LogP contribution in [-0.4, -0.2) is 50.2 Å². The molecular weight excluding hydrogens is 418 g/mol. The van der Waals surface area contributed by atoms with Crippen molar-refractivity contribution in [3.8, 4) is 17.1 Å². The van der Waals surface area contributed by atoms with Crippen LogP contribution in [0.25, 0.3) is 11.3 Å². The molecule has 1 aliphatic heterocycles. The Morgan fingerprint density at radius 2 is 2.12 bits per heavy atom. The lowest BCUT2D eigenvalue weighted by atomic mass is 9.62. The van der Waals surface area contributed by atoms with E-state index < -0.39 is 46.8 Å². The quantitative estimate of drug-likeness (QED) is 0.599. The van der Waals surface area contributed by atoms with Crippen molar-refractivity contribution in [2.75, 3.05) is 6.61 Å². The van der Waals surface area contributed by atoms with E-state index in [1.54, 1.807) is 31.5 Å². The summed E-state index contributed by atoms with van der Waals surface area (Å²) >= 11 is 0. The van der Waals surface area contributed by atoms with Gasteiger partial charge >= 0.3 is 11.6 Å². The number of nitrogens with zero attached hydrogens (tertiary/aromatic N) is 1. The SMILES string of the molecule is CC(=O)OCC(C)(O)[C@H]1C[C@@H](O)[C@]2(C)Oc3cc(-c4cccnc4)oc(=O)c3[C@H](O)[C@H]2C1. The topological polar surface area (TPSA) is 139 Å². The van der Waals surface area contributed by atoms with Gasteiger partial charge in [0.2, 0.25) is 0 Å². The summed E-state index contributed by atoms with van der Waals surface area (Å²) in [7, 11) is 0. The maximum atomic E-state index is 12.8. The predicted octanol–water partition coefficient (Wildman–Crippen LogP) is 1.59. The van der Waals surface area contributed by atoms with Gasteiger partial charge in [-0.05, 0) is 44.7 Å². The van der Waals surface area contributed by atoms with Crippen molar-refractivity contribution < 1.29 is 34.0 Å². The van der Waals surface area contributed by atoms with Crippen molar-refractivity contribution in [3.05, 3.63) is 46.6 Å². The highest BCUT2D eigenvalue weighted by molar-refractivity contribution is 5.66. The van der Waals surface area contributed by atoms with Crippen LogP contribution >= 0.6 is 0 Å². The summed E-state index contributed by atoms with van der Waals surface area (Å²) in [6.07, 6.45) is 1.22. The Balaban J connectivity index is 1.69. The normalized spacial score (nSPS) is 30.9. The Morgan fingerprint density at radius 3 is 2.78 bits per heavy atom. The van der Waals surface area contributed by atoms with Crippen LogP contribution in [0.15, 0.2) is 39.8 Å². The van der Waals surface area contributed by atoms with Crippen molar-refractivity contribution >= 4 is 5.97 Å². The third-order valence-electron chi connectivity index (χ3n) is 6.79. The van der Waals surface area contributed by atoms with Crippen LogP contribution in [0.4, 0.5) is 0 Å². The average Bonchev–Trinajstić information content (AvgIpc) is 2.73. The van der Waals surface area contributed by atoms with E-state index in [1.165, 1.54) is 19.9 Å². The second-order valence-electron chi connectivity index (χ2n) is 9.08. The monoisotopic (exact) mass is 445 g/mol. The highest BCUT2D eigenvalue weighted by atomic mass is 16.5. The Kier molecular flexibility index (Phi) is 5.60. The molecule has 9 nitrogen and oxygen atoms in total. The standard InChI is InChI=1S/C23H27NO8/c1-12(25)30-11-22(2,29)14-7-15-20(27)19-17(32-23(15,3)18(26)8-14)9-16(31-21(19)28)13-5-4-6-24-10-13/h4-6,9-10,14-15,18,20,26-27,29H,7-8,11H2,1-3H3/t14-,15-,18-,20-,22?,23-/m1/s1. The third-order valence-corrected chi connectivity index (χ3v) is 6.79. The molecule has 0 saturated heterocycles. The van der Waals surface area contributed by atoms with Crippen molar-refractivity contribution in [3.63, 3.8) is 0 Å². The highest BCUT2D eigenvalue weighted by Gasteiger charge is 2.58. The molecule has 3 heterocycles. The summed E-state index contributed by atoms with van der Waals surface area (Å²) in [6.45, 7) is 4.21. The van der Waals surface area contributed by atoms with Crippen molar-refractivity contribution in [1.29, 1.82) is 0 Å². The molecule has 2 aliphatic rings. The van der Waals surface area contributed by atoms with Gasteiger partial charge < -0.3 is 29.2 Å². The molecule has 172 valence electrons. The van der Waals surface area contributed by atoms with E-state index in [-0.39, 0.29) is 36.5 Å². The maximum absolute atomic E-state index is 12.8. The zero-order valence-corrected chi connectivity index (χ0v) is 18.1. The third kappa shape index (κ3) is 3.80. The van der Waals surface area contributed by atoms with Gasteiger partial charge in [-0.3, -0.25) is 9.78 Å². The molecule has 1 aliphatic carbocycles. The van der Waals surface area contributed by atoms with Gasteiger partial charge in [0.25, 0.3) is 0 Å². The molecule has 0 radical (unpaired) electrons. The molecule has 4 rings (SSSR count). The zero-order valence-electron chi connectivity index (χ0n) is 18.1. The number of hydrogen-bond donors (Lipinski definition) is 3. The lowest BCUT2D eigenvalue weighted by Gasteiger charge is -2.53. The van der Waals surface area contributed by atoms with Gasteiger partial charge in [0.05, 0.1) is 17.8 Å². The number of aliphatic hydroxyl groups is 3. The van der Waals surface area contributed by atoms with Crippen LogP contribution in [-0.2, 0) is 9.53 Å². The van der Waals surface area contributed by atoms with Crippen LogP contribution in [0, 0.1) is 11.8 Å². The lowest BCUT2D eigenvalue weighted by Crippen LogP contribution is -2.62. The number of aliphatic hydroxyl groups excluding tert-OH is 2. The van der Waals surface area contributed by atoms with Gasteiger partial charge in [-0.1, -0.05) is 0 Å². The van der Waals surface area contributed by atoms with Crippen LogP contribution in [0.3, 0.4) is 0 Å². The second-order valence-corrected chi connectivity index (χ2v) is 9.08. The van der Waals surface area contributed by atoms with Crippen LogP contribution in [0.2, 0.25) is 0 Å². The Bertz CT molecular complexity index is 1070. The van der Waals surface area contributed by atoms with E-state index in [0.29, 0.717) is 5.56 Å². The Labute approximate surface area is 184 Å². The Morgan fingerprint density at radius 1 is 1.38 bits per heavy atom. The average molecular weight is 445 g/mol. The number of pyridine rings is 1. The molecule has 1 saturated carbocycles. The van der Waals surface area contributed by atoms with Gasteiger partial charge in [-0.15, -0.1) is 0 Å². The molecule has 0 spiro atoms. The summed E-state index contributed by atoms with van der Waals surface area (Å²) < 4.78 is 16.6. The molecule has 2 aromatic heterocycles. The molecule has 3 N–H and O–H groups in total. The first-order chi connectivity index (χ1) is 15.0. The summed E-state index contributed by atoms with van der Waals surface area (Å²) in [5.74, 6) is -1.33. The molecule has 6 atom stereocenters. The maximum Gasteiger partial charge on any atom is 0.345 e. The molecular formula is C23H27NO8. The van der Waals surface area contributed by atoms with Crippen molar-refractivity contribution in [2.24, 2.45) is 11.8 Å². The number of hydrogen-bond acceptors (Lipinski definition) is 9. The molecule has 0 bridgehead atoms. The van der Waals surface area contributed by atoms with Crippen LogP contribution in [0.5, 0.6) is 5.75 Å². The fourth-order valence-electron chi connectivity index (χ4n) is 4.77. The number of fused-ring (bicyclic) bond motifs is 2. The highest BCUT2D eigenvalue weighted by Crippen LogP contribution is 2.52. The predicted molar refractivity (Wildman–Crippen MR) is 112 cm³/mol. The van der Waals surface area contributed by atoms with Gasteiger partial charge in [0.1, 0.15) is 29.3 Å². The van der Waals surface area contributed by atoms with Gasteiger partial charge in [0, 0.05) is 36.9 Å². The molecule has 2 aromatic rings. The first kappa shape index (κ1) is 22.4. The van der Waals surface area contributed by atoms with Crippen LogP contribution in [0.1, 0.15) is 45.3 Å². The summed E-state index contributed by atoms with van der Waals surface area (Å²) in [6, 6.07) is 4.95. The minimum atomic E-state index is -1.43. The number of rotatable bonds is 4. The van der Waals surface area contributed by atoms with E-state index in [0.717, 1.165) is 0 Å². The van der Waals surface area contributed by atoms with Crippen LogP contribution < -0.4 is 10.4 Å². The van der Waals surface area contributed by atoms with Crippen molar-refractivity contribution in [2.45, 2.75) is 57.0 Å². The Hall–Kier alpha value is -2.75. The zero-order chi connectivity index (χ0) is 23.3. The van der Waals surface area contributed by atoms with Gasteiger partial charge in [-0.25, -0.2) is 4.79 Å². The molecule has 0 amide bonds. The fraction of sp³-hybridized carbons (Fsp3) is 0.522. The second kappa shape index (κ2) is 7.99. The first-order valence-electron chi connectivity index (χ1n) is 10.5. The van der Waals surface area contributed by atoms with E-state index in [9.17, 15) is 24.9 Å². The first-order valence-corrected chi connectivity index (χ1v) is 10.5. The van der Waals surface area contributed by atoms with Gasteiger partial charge in [-0.2, -0.15) is 0 Å². The molecule has 1 unspecified atom stereocenters. The number of aromatic nitrogens is 1. The number of carbonyl (C=O) groups excluding carboxylic acids is 1. The van der Waals surface area contributed by atoms with Crippen molar-refractivity contribution in [1.82, 2.24) is 4.98 Å². The van der Waals surface area contributed by atoms with Gasteiger partial charge in [0.15, 0.2) is 0 Å². The summed E-state index contributed by atoms with van der Waals surface area (Å²) in [4.78, 5) is 28.0. The van der Waals surface area contributed by atoms with E-state index >= 15 is 0 Å². The fourth-order valence-corrected chi connectivity index (χ4v) is 4.77. The molecule has 0 aromatic carbocycles. The van der Waals surface area contributed by atoms with E-state index in [4.69, 9.17) is 13.9 Å². The minimum absolute atomic E-state index is 0.0207. The van der Waals surface area contributed by atoms with E-state index in [2.05, 4.69) is 4.98 Å². The lowest BCUT2D eigenvalue weighted by molar-refractivity contribution is -0.193. The number of esters is 1. The van der Waals surface area contributed by atoms with E-state index in [1.807, 2.05) is 0 Å². The minimum Gasteiger partial charge on any atom is -0.484 e. The molecule has 9 heteroatoms. The number of carbonyl (C=O) groups is 1. The summed E-state index contributed by atoms with van der Waals surface area (Å²) in [5.41, 5.74) is -2.81. The summed E-state index contributed by atoms with van der Waals surface area (Å²) in [5, 5.41) is 33.0. The largest absolute Gasteiger partial charge is 0.484 e.